The predicted molar refractivity (Wildman–Crippen MR) is 88.6 cm³/mol. The molecule has 0 saturated heterocycles. The van der Waals surface area contributed by atoms with E-state index in [0.717, 1.165) is 5.69 Å². The van der Waals surface area contributed by atoms with Gasteiger partial charge in [-0.3, -0.25) is 9.59 Å². The predicted octanol–water partition coefficient (Wildman–Crippen LogP) is 2.85. The zero-order valence-electron chi connectivity index (χ0n) is 12.8. The second kappa shape index (κ2) is 5.92. The van der Waals surface area contributed by atoms with Crippen molar-refractivity contribution in [2.75, 3.05) is 10.6 Å². The molecule has 0 aliphatic rings. The standard InChI is InChI=1S/C17H16N4O2/c1-11-10-21-9-3-4-15(16(21)18-11)20-17(23)13-5-7-14(8-6-13)19-12(2)22/h3-10H,1-2H3,(H,19,22)(H,20,23). The van der Waals surface area contributed by atoms with Crippen LogP contribution in [0.5, 0.6) is 0 Å². The van der Waals surface area contributed by atoms with Crippen molar-refractivity contribution >= 4 is 28.8 Å². The van der Waals surface area contributed by atoms with Gasteiger partial charge in [0.25, 0.3) is 5.91 Å². The highest BCUT2D eigenvalue weighted by Crippen LogP contribution is 2.18. The largest absolute Gasteiger partial charge is 0.326 e. The van der Waals surface area contributed by atoms with Gasteiger partial charge in [-0.15, -0.1) is 0 Å². The quantitative estimate of drug-likeness (QED) is 0.781. The Morgan fingerprint density at radius 2 is 1.83 bits per heavy atom. The van der Waals surface area contributed by atoms with Gasteiger partial charge in [0.15, 0.2) is 5.65 Å². The van der Waals surface area contributed by atoms with Gasteiger partial charge in [0.1, 0.15) is 0 Å². The van der Waals surface area contributed by atoms with Crippen molar-refractivity contribution < 1.29 is 9.59 Å². The number of benzene rings is 1. The Kier molecular flexibility index (Phi) is 3.80. The molecule has 0 unspecified atom stereocenters. The van der Waals surface area contributed by atoms with Crippen LogP contribution in [0, 0.1) is 6.92 Å². The number of rotatable bonds is 3. The summed E-state index contributed by atoms with van der Waals surface area (Å²) in [6.07, 6.45) is 3.78. The number of pyridine rings is 1. The number of amides is 2. The molecule has 6 heteroatoms. The smallest absolute Gasteiger partial charge is 0.255 e. The minimum Gasteiger partial charge on any atom is -0.326 e. The molecule has 1 aromatic carbocycles. The molecule has 3 rings (SSSR count). The van der Waals surface area contributed by atoms with Crippen LogP contribution in [-0.4, -0.2) is 21.2 Å². The minimum atomic E-state index is -0.229. The molecule has 2 aromatic heterocycles. The number of nitrogens with zero attached hydrogens (tertiary/aromatic N) is 2. The molecule has 2 amide bonds. The molecular formula is C17H16N4O2. The number of hydrogen-bond donors (Lipinski definition) is 2. The van der Waals surface area contributed by atoms with Gasteiger partial charge in [-0.2, -0.15) is 0 Å². The van der Waals surface area contributed by atoms with E-state index in [9.17, 15) is 9.59 Å². The third kappa shape index (κ3) is 3.21. The first-order valence-corrected chi connectivity index (χ1v) is 7.16. The summed E-state index contributed by atoms with van der Waals surface area (Å²) < 4.78 is 1.87. The summed E-state index contributed by atoms with van der Waals surface area (Å²) in [5.74, 6) is -0.378. The number of fused-ring (bicyclic) bond motifs is 1. The van der Waals surface area contributed by atoms with Gasteiger partial charge >= 0.3 is 0 Å². The normalized spacial score (nSPS) is 10.5. The van der Waals surface area contributed by atoms with Gasteiger partial charge in [-0.25, -0.2) is 4.98 Å². The molecule has 0 aliphatic heterocycles. The van der Waals surface area contributed by atoms with Crippen molar-refractivity contribution in [3.8, 4) is 0 Å². The molecule has 2 N–H and O–H groups in total. The number of imidazole rings is 1. The number of carbonyl (C=O) groups is 2. The van der Waals surface area contributed by atoms with Gasteiger partial charge in [0, 0.05) is 30.6 Å². The average Bonchev–Trinajstić information content (AvgIpc) is 2.88. The summed E-state index contributed by atoms with van der Waals surface area (Å²) in [6, 6.07) is 10.4. The molecule has 3 aromatic rings. The summed E-state index contributed by atoms with van der Waals surface area (Å²) in [4.78, 5) is 27.8. The van der Waals surface area contributed by atoms with Crippen molar-refractivity contribution in [2.24, 2.45) is 0 Å². The maximum Gasteiger partial charge on any atom is 0.255 e. The number of anilines is 2. The monoisotopic (exact) mass is 308 g/mol. The Balaban J connectivity index is 1.81. The molecule has 0 fully saturated rings. The molecule has 0 bridgehead atoms. The zero-order chi connectivity index (χ0) is 16.4. The molecule has 0 aliphatic carbocycles. The Morgan fingerprint density at radius 1 is 1.09 bits per heavy atom. The first-order valence-electron chi connectivity index (χ1n) is 7.16. The third-order valence-electron chi connectivity index (χ3n) is 3.32. The summed E-state index contributed by atoms with van der Waals surface area (Å²) in [5, 5.41) is 5.53. The highest BCUT2D eigenvalue weighted by Gasteiger charge is 2.10. The number of carbonyl (C=O) groups excluding carboxylic acids is 2. The van der Waals surface area contributed by atoms with E-state index in [-0.39, 0.29) is 11.8 Å². The lowest BCUT2D eigenvalue weighted by Crippen LogP contribution is -2.13. The van der Waals surface area contributed by atoms with Gasteiger partial charge in [0.2, 0.25) is 5.91 Å². The Bertz CT molecular complexity index is 881. The SMILES string of the molecule is CC(=O)Nc1ccc(C(=O)Nc2cccn3cc(C)nc23)cc1. The van der Waals surface area contributed by atoms with Gasteiger partial charge in [0.05, 0.1) is 11.4 Å². The summed E-state index contributed by atoms with van der Waals surface area (Å²) in [6.45, 7) is 3.34. The van der Waals surface area contributed by atoms with Crippen molar-refractivity contribution in [3.05, 3.63) is 60.0 Å². The first kappa shape index (κ1) is 14.8. The molecule has 0 radical (unpaired) electrons. The van der Waals surface area contributed by atoms with Crippen molar-refractivity contribution in [3.63, 3.8) is 0 Å². The van der Waals surface area contributed by atoms with E-state index in [1.165, 1.54) is 6.92 Å². The van der Waals surface area contributed by atoms with Crippen LogP contribution in [0.4, 0.5) is 11.4 Å². The fourth-order valence-corrected chi connectivity index (χ4v) is 2.34. The topological polar surface area (TPSA) is 75.5 Å². The van der Waals surface area contributed by atoms with Crippen LogP contribution < -0.4 is 10.6 Å². The van der Waals surface area contributed by atoms with E-state index >= 15 is 0 Å². The molecule has 0 atom stereocenters. The van der Waals surface area contributed by atoms with E-state index in [0.29, 0.717) is 22.6 Å². The van der Waals surface area contributed by atoms with Gasteiger partial charge in [-0.1, -0.05) is 0 Å². The molecule has 6 nitrogen and oxygen atoms in total. The number of nitrogens with one attached hydrogen (secondary N) is 2. The van der Waals surface area contributed by atoms with E-state index in [4.69, 9.17) is 0 Å². The van der Waals surface area contributed by atoms with Crippen molar-refractivity contribution in [2.45, 2.75) is 13.8 Å². The van der Waals surface area contributed by atoms with Gasteiger partial charge < -0.3 is 15.0 Å². The zero-order valence-corrected chi connectivity index (χ0v) is 12.8. The summed E-state index contributed by atoms with van der Waals surface area (Å²) in [7, 11) is 0. The average molecular weight is 308 g/mol. The van der Waals surface area contributed by atoms with Crippen LogP contribution in [0.1, 0.15) is 23.0 Å². The Labute approximate surface area is 133 Å². The molecule has 2 heterocycles. The maximum atomic E-state index is 12.4. The van der Waals surface area contributed by atoms with Crippen molar-refractivity contribution in [1.82, 2.24) is 9.38 Å². The van der Waals surface area contributed by atoms with E-state index < -0.39 is 0 Å². The molecule has 0 saturated carbocycles. The van der Waals surface area contributed by atoms with Crippen molar-refractivity contribution in [1.29, 1.82) is 0 Å². The second-order valence-electron chi connectivity index (χ2n) is 5.25. The Hall–Kier alpha value is -3.15. The lowest BCUT2D eigenvalue weighted by molar-refractivity contribution is -0.114. The molecular weight excluding hydrogens is 292 g/mol. The van der Waals surface area contributed by atoms with E-state index in [1.807, 2.05) is 35.9 Å². The van der Waals surface area contributed by atoms with Crippen LogP contribution in [0.25, 0.3) is 5.65 Å². The highest BCUT2D eigenvalue weighted by atomic mass is 16.2. The number of aromatic nitrogens is 2. The highest BCUT2D eigenvalue weighted by molar-refractivity contribution is 6.06. The molecule has 0 spiro atoms. The van der Waals surface area contributed by atoms with Gasteiger partial charge in [-0.05, 0) is 43.3 Å². The van der Waals surface area contributed by atoms with Crippen LogP contribution in [0.3, 0.4) is 0 Å². The van der Waals surface area contributed by atoms with Crippen LogP contribution in [-0.2, 0) is 4.79 Å². The molecule has 23 heavy (non-hydrogen) atoms. The Morgan fingerprint density at radius 3 is 2.52 bits per heavy atom. The second-order valence-corrected chi connectivity index (χ2v) is 5.25. The minimum absolute atomic E-state index is 0.149. The first-order chi connectivity index (χ1) is 11.0. The summed E-state index contributed by atoms with van der Waals surface area (Å²) >= 11 is 0. The van der Waals surface area contributed by atoms with E-state index in [2.05, 4.69) is 15.6 Å². The van der Waals surface area contributed by atoms with Crippen LogP contribution in [0.2, 0.25) is 0 Å². The number of hydrogen-bond acceptors (Lipinski definition) is 3. The van der Waals surface area contributed by atoms with Crippen LogP contribution >= 0.6 is 0 Å². The third-order valence-corrected chi connectivity index (χ3v) is 3.32. The lowest BCUT2D eigenvalue weighted by atomic mass is 10.2. The number of aryl methyl sites for hydroxylation is 1. The van der Waals surface area contributed by atoms with E-state index in [1.54, 1.807) is 24.3 Å². The summed E-state index contributed by atoms with van der Waals surface area (Å²) in [5.41, 5.74) is 3.39. The van der Waals surface area contributed by atoms with Crippen LogP contribution in [0.15, 0.2) is 48.8 Å². The fourth-order valence-electron chi connectivity index (χ4n) is 2.34. The molecule has 116 valence electrons. The lowest BCUT2D eigenvalue weighted by Gasteiger charge is -2.07. The maximum absolute atomic E-state index is 12.4. The fraction of sp³-hybridized carbons (Fsp3) is 0.118.